The number of hydrogen-bond acceptors (Lipinski definition) is 4. The van der Waals surface area contributed by atoms with Crippen LogP contribution < -0.4 is 5.32 Å². The molecule has 1 aliphatic heterocycles. The number of nitrogens with one attached hydrogen (secondary N) is 1. The molecule has 1 fully saturated rings. The summed E-state index contributed by atoms with van der Waals surface area (Å²) in [6, 6.07) is 1.77. The lowest BCUT2D eigenvalue weighted by atomic mass is 9.99. The first-order chi connectivity index (χ1) is 8.94. The molecule has 2 heterocycles. The lowest BCUT2D eigenvalue weighted by Gasteiger charge is -2.23. The van der Waals surface area contributed by atoms with Crippen LogP contribution in [-0.4, -0.2) is 43.8 Å². The van der Waals surface area contributed by atoms with E-state index in [2.05, 4.69) is 10.4 Å². The van der Waals surface area contributed by atoms with Crippen molar-refractivity contribution in [3.05, 3.63) is 18.0 Å². The molecule has 0 bridgehead atoms. The standard InChI is InChI=1S/C12H17N3O3S/c1-8(2)15-5-3-9(14-15)10(16)13-12(11(17)18)4-6-19-7-12/h3,5,8H,4,6-7H2,1-2H3,(H,13,16)(H,17,18). The van der Waals surface area contributed by atoms with Crippen molar-refractivity contribution in [1.82, 2.24) is 15.1 Å². The Hall–Kier alpha value is -1.50. The normalized spacial score (nSPS) is 22.7. The second kappa shape index (κ2) is 5.24. The quantitative estimate of drug-likeness (QED) is 0.866. The minimum absolute atomic E-state index is 0.164. The van der Waals surface area contributed by atoms with E-state index in [1.165, 1.54) is 11.8 Å². The van der Waals surface area contributed by atoms with Gasteiger partial charge in [-0.25, -0.2) is 4.79 Å². The summed E-state index contributed by atoms with van der Waals surface area (Å²) >= 11 is 1.54. The average Bonchev–Trinajstić information content (AvgIpc) is 2.97. The third-order valence-electron chi connectivity index (χ3n) is 3.15. The van der Waals surface area contributed by atoms with Crippen molar-refractivity contribution in [2.75, 3.05) is 11.5 Å². The Bertz CT molecular complexity index is 492. The van der Waals surface area contributed by atoms with E-state index in [9.17, 15) is 14.7 Å². The van der Waals surface area contributed by atoms with Gasteiger partial charge in [0.2, 0.25) is 0 Å². The number of carboxylic acids is 1. The van der Waals surface area contributed by atoms with Crippen LogP contribution in [0.1, 0.15) is 36.8 Å². The fourth-order valence-corrected chi connectivity index (χ4v) is 3.24. The van der Waals surface area contributed by atoms with E-state index in [1.807, 2.05) is 13.8 Å². The Kier molecular flexibility index (Phi) is 3.84. The fourth-order valence-electron chi connectivity index (χ4n) is 1.91. The largest absolute Gasteiger partial charge is 0.479 e. The molecule has 104 valence electrons. The van der Waals surface area contributed by atoms with Crippen LogP contribution in [0.15, 0.2) is 12.3 Å². The number of aliphatic carboxylic acids is 1. The van der Waals surface area contributed by atoms with Gasteiger partial charge in [-0.05, 0) is 32.1 Å². The number of hydrogen-bond donors (Lipinski definition) is 2. The summed E-state index contributed by atoms with van der Waals surface area (Å²) in [5.74, 6) is -0.259. The molecule has 1 aromatic rings. The molecular weight excluding hydrogens is 266 g/mol. The van der Waals surface area contributed by atoms with Gasteiger partial charge in [0.1, 0.15) is 11.2 Å². The van der Waals surface area contributed by atoms with Crippen molar-refractivity contribution in [3.63, 3.8) is 0 Å². The van der Waals surface area contributed by atoms with Gasteiger partial charge >= 0.3 is 5.97 Å². The first-order valence-corrected chi connectivity index (χ1v) is 7.29. The second-order valence-corrected chi connectivity index (χ2v) is 6.02. The van der Waals surface area contributed by atoms with Crippen molar-refractivity contribution in [1.29, 1.82) is 0 Å². The predicted octanol–water partition coefficient (Wildman–Crippen LogP) is 1.15. The highest BCUT2D eigenvalue weighted by molar-refractivity contribution is 7.99. The molecule has 0 aliphatic carbocycles. The van der Waals surface area contributed by atoms with E-state index < -0.39 is 17.4 Å². The third-order valence-corrected chi connectivity index (χ3v) is 4.34. The number of carbonyl (C=O) groups excluding carboxylic acids is 1. The molecule has 0 spiro atoms. The predicted molar refractivity (Wildman–Crippen MR) is 72.4 cm³/mol. The van der Waals surface area contributed by atoms with Gasteiger partial charge in [-0.2, -0.15) is 16.9 Å². The number of nitrogens with zero attached hydrogens (tertiary/aromatic N) is 2. The molecule has 2 rings (SSSR count). The average molecular weight is 283 g/mol. The summed E-state index contributed by atoms with van der Waals surface area (Å²) in [5, 5.41) is 16.1. The molecule has 2 N–H and O–H groups in total. The van der Waals surface area contributed by atoms with Crippen molar-refractivity contribution in [2.45, 2.75) is 31.8 Å². The fraction of sp³-hybridized carbons (Fsp3) is 0.583. The third kappa shape index (κ3) is 2.75. The second-order valence-electron chi connectivity index (χ2n) is 4.92. The van der Waals surface area contributed by atoms with E-state index in [0.29, 0.717) is 12.2 Å². The maximum Gasteiger partial charge on any atom is 0.330 e. The Morgan fingerprint density at radius 1 is 1.58 bits per heavy atom. The van der Waals surface area contributed by atoms with E-state index in [-0.39, 0.29) is 11.7 Å². The molecule has 1 amide bonds. The summed E-state index contributed by atoms with van der Waals surface area (Å²) in [5.41, 5.74) is -0.894. The van der Waals surface area contributed by atoms with Gasteiger partial charge in [0.05, 0.1) is 0 Å². The molecule has 1 atom stereocenters. The zero-order valence-electron chi connectivity index (χ0n) is 10.9. The summed E-state index contributed by atoms with van der Waals surface area (Å²) in [6.45, 7) is 3.92. The number of carbonyl (C=O) groups is 2. The van der Waals surface area contributed by atoms with Gasteiger partial charge in [0.25, 0.3) is 5.91 Å². The highest BCUT2D eigenvalue weighted by Crippen LogP contribution is 2.28. The molecule has 0 radical (unpaired) electrons. The van der Waals surface area contributed by atoms with Gasteiger partial charge in [0.15, 0.2) is 0 Å². The van der Waals surface area contributed by atoms with Gasteiger partial charge in [0, 0.05) is 18.0 Å². The van der Waals surface area contributed by atoms with Gasteiger partial charge in [-0.3, -0.25) is 9.48 Å². The number of carboxylic acid groups (broad SMARTS) is 1. The summed E-state index contributed by atoms with van der Waals surface area (Å²) in [6.07, 6.45) is 2.17. The molecule has 6 nitrogen and oxygen atoms in total. The minimum atomic E-state index is -1.15. The van der Waals surface area contributed by atoms with Crippen LogP contribution in [0.5, 0.6) is 0 Å². The molecule has 1 saturated heterocycles. The van der Waals surface area contributed by atoms with Crippen LogP contribution in [0, 0.1) is 0 Å². The lowest BCUT2D eigenvalue weighted by molar-refractivity contribution is -0.143. The van der Waals surface area contributed by atoms with Crippen molar-refractivity contribution >= 4 is 23.6 Å². The Morgan fingerprint density at radius 2 is 2.32 bits per heavy atom. The van der Waals surface area contributed by atoms with Crippen LogP contribution >= 0.6 is 11.8 Å². The molecule has 1 aliphatic rings. The Balaban J connectivity index is 2.13. The maximum absolute atomic E-state index is 12.1. The summed E-state index contributed by atoms with van der Waals surface area (Å²) in [7, 11) is 0. The summed E-state index contributed by atoms with van der Waals surface area (Å²) < 4.78 is 1.67. The molecule has 19 heavy (non-hydrogen) atoms. The Morgan fingerprint density at radius 3 is 2.79 bits per heavy atom. The number of aromatic nitrogens is 2. The highest BCUT2D eigenvalue weighted by atomic mass is 32.2. The number of amides is 1. The Labute approximate surface area is 115 Å². The highest BCUT2D eigenvalue weighted by Gasteiger charge is 2.43. The molecule has 7 heteroatoms. The van der Waals surface area contributed by atoms with Crippen LogP contribution in [0.2, 0.25) is 0 Å². The monoisotopic (exact) mass is 283 g/mol. The van der Waals surface area contributed by atoms with E-state index in [0.717, 1.165) is 5.75 Å². The maximum atomic E-state index is 12.1. The molecular formula is C12H17N3O3S. The van der Waals surface area contributed by atoms with Crippen LogP contribution in [-0.2, 0) is 4.79 Å². The van der Waals surface area contributed by atoms with E-state index in [4.69, 9.17) is 0 Å². The zero-order chi connectivity index (χ0) is 14.0. The SMILES string of the molecule is CC(C)n1ccc(C(=O)NC2(C(=O)O)CCSC2)n1. The minimum Gasteiger partial charge on any atom is -0.479 e. The topological polar surface area (TPSA) is 84.2 Å². The van der Waals surface area contributed by atoms with Gasteiger partial charge < -0.3 is 10.4 Å². The summed E-state index contributed by atoms with van der Waals surface area (Å²) in [4.78, 5) is 23.4. The van der Waals surface area contributed by atoms with Crippen LogP contribution in [0.25, 0.3) is 0 Å². The van der Waals surface area contributed by atoms with Gasteiger partial charge in [-0.15, -0.1) is 0 Å². The smallest absolute Gasteiger partial charge is 0.330 e. The number of rotatable bonds is 4. The first kappa shape index (κ1) is 13.9. The van der Waals surface area contributed by atoms with Crippen molar-refractivity contribution in [2.24, 2.45) is 0 Å². The lowest BCUT2D eigenvalue weighted by Crippen LogP contribution is -2.54. The zero-order valence-corrected chi connectivity index (χ0v) is 11.7. The molecule has 0 aromatic carbocycles. The van der Waals surface area contributed by atoms with Gasteiger partial charge in [-0.1, -0.05) is 0 Å². The van der Waals surface area contributed by atoms with Crippen molar-refractivity contribution < 1.29 is 14.7 Å². The van der Waals surface area contributed by atoms with E-state index >= 15 is 0 Å². The molecule has 0 saturated carbocycles. The molecule has 1 unspecified atom stereocenters. The molecule has 1 aromatic heterocycles. The first-order valence-electron chi connectivity index (χ1n) is 6.13. The van der Waals surface area contributed by atoms with Crippen LogP contribution in [0.4, 0.5) is 0 Å². The number of thioether (sulfide) groups is 1. The van der Waals surface area contributed by atoms with E-state index in [1.54, 1.807) is 16.9 Å². The van der Waals surface area contributed by atoms with Crippen molar-refractivity contribution in [3.8, 4) is 0 Å². The van der Waals surface area contributed by atoms with Crippen LogP contribution in [0.3, 0.4) is 0 Å².